The van der Waals surface area contributed by atoms with Gasteiger partial charge in [0, 0.05) is 7.11 Å². The SMILES string of the molecule is C=CC(C)(C/C=C\C)C/C=C/C=C\C=C/C.CO. The third-order valence-electron chi connectivity index (χ3n) is 2.56. The van der Waals surface area contributed by atoms with Crippen molar-refractivity contribution in [2.24, 2.45) is 5.41 Å². The quantitative estimate of drug-likeness (QED) is 0.505. The van der Waals surface area contributed by atoms with Crippen molar-refractivity contribution in [3.63, 3.8) is 0 Å². The maximum absolute atomic E-state index is 7.00. The molecular weight excluding hydrogens is 220 g/mol. The van der Waals surface area contributed by atoms with Crippen molar-refractivity contribution in [2.75, 3.05) is 7.11 Å². The predicted octanol–water partition coefficient (Wildman–Crippen LogP) is 4.83. The second-order valence-corrected chi connectivity index (χ2v) is 4.17. The van der Waals surface area contributed by atoms with E-state index in [0.717, 1.165) is 20.0 Å². The molecule has 1 atom stereocenters. The summed E-state index contributed by atoms with van der Waals surface area (Å²) in [4.78, 5) is 0. The van der Waals surface area contributed by atoms with Gasteiger partial charge < -0.3 is 5.11 Å². The predicted molar refractivity (Wildman–Crippen MR) is 83.6 cm³/mol. The summed E-state index contributed by atoms with van der Waals surface area (Å²) in [6.07, 6.45) is 20.9. The molecule has 0 rings (SSSR count). The first-order valence-electron chi connectivity index (χ1n) is 6.32. The topological polar surface area (TPSA) is 20.2 Å². The highest BCUT2D eigenvalue weighted by Gasteiger charge is 2.15. The van der Waals surface area contributed by atoms with E-state index in [2.05, 4.69) is 50.8 Å². The first-order chi connectivity index (χ1) is 8.68. The van der Waals surface area contributed by atoms with E-state index in [0.29, 0.717) is 0 Å². The minimum atomic E-state index is 0.178. The van der Waals surface area contributed by atoms with E-state index < -0.39 is 0 Å². The van der Waals surface area contributed by atoms with Gasteiger partial charge in [-0.3, -0.25) is 0 Å². The van der Waals surface area contributed by atoms with Crippen molar-refractivity contribution < 1.29 is 5.11 Å². The van der Waals surface area contributed by atoms with Crippen LogP contribution in [-0.4, -0.2) is 12.2 Å². The third-order valence-corrected chi connectivity index (χ3v) is 2.56. The molecule has 0 aliphatic carbocycles. The fourth-order valence-electron chi connectivity index (χ4n) is 1.29. The fourth-order valence-corrected chi connectivity index (χ4v) is 1.29. The van der Waals surface area contributed by atoms with E-state index >= 15 is 0 Å². The van der Waals surface area contributed by atoms with Crippen molar-refractivity contribution in [1.29, 1.82) is 0 Å². The van der Waals surface area contributed by atoms with E-state index in [4.69, 9.17) is 5.11 Å². The van der Waals surface area contributed by atoms with E-state index in [1.165, 1.54) is 0 Å². The van der Waals surface area contributed by atoms with Crippen LogP contribution in [0.5, 0.6) is 0 Å². The van der Waals surface area contributed by atoms with Crippen molar-refractivity contribution in [1.82, 2.24) is 0 Å². The molecule has 0 saturated carbocycles. The Kier molecular flexibility index (Phi) is 14.5. The lowest BCUT2D eigenvalue weighted by Crippen LogP contribution is -2.09. The maximum Gasteiger partial charge on any atom is 0.0319 e. The Balaban J connectivity index is 0. The van der Waals surface area contributed by atoms with E-state index in [9.17, 15) is 0 Å². The summed E-state index contributed by atoms with van der Waals surface area (Å²) in [7, 11) is 1.00. The van der Waals surface area contributed by atoms with Gasteiger partial charge in [0.2, 0.25) is 0 Å². The molecule has 1 unspecified atom stereocenters. The average Bonchev–Trinajstić information content (AvgIpc) is 2.43. The van der Waals surface area contributed by atoms with E-state index in [1.54, 1.807) is 0 Å². The van der Waals surface area contributed by atoms with Crippen LogP contribution in [0.25, 0.3) is 0 Å². The second-order valence-electron chi connectivity index (χ2n) is 4.17. The number of allylic oxidation sites excluding steroid dienone is 9. The molecule has 0 aromatic heterocycles. The molecule has 18 heavy (non-hydrogen) atoms. The lowest BCUT2D eigenvalue weighted by atomic mass is 9.83. The van der Waals surface area contributed by atoms with Crippen LogP contribution in [0.3, 0.4) is 0 Å². The minimum Gasteiger partial charge on any atom is -0.400 e. The van der Waals surface area contributed by atoms with Gasteiger partial charge in [-0.1, -0.05) is 61.6 Å². The molecular formula is C17H28O. The molecule has 0 amide bonds. The summed E-state index contributed by atoms with van der Waals surface area (Å²) < 4.78 is 0. The van der Waals surface area contributed by atoms with Gasteiger partial charge >= 0.3 is 0 Å². The molecule has 1 nitrogen and oxygen atoms in total. The monoisotopic (exact) mass is 248 g/mol. The molecule has 0 radical (unpaired) electrons. The lowest BCUT2D eigenvalue weighted by molar-refractivity contribution is 0.399. The Morgan fingerprint density at radius 2 is 1.44 bits per heavy atom. The molecule has 0 heterocycles. The van der Waals surface area contributed by atoms with Crippen molar-refractivity contribution in [3.8, 4) is 0 Å². The van der Waals surface area contributed by atoms with Crippen LogP contribution in [0.1, 0.15) is 33.6 Å². The minimum absolute atomic E-state index is 0.178. The van der Waals surface area contributed by atoms with Gasteiger partial charge in [-0.15, -0.1) is 6.58 Å². The zero-order valence-corrected chi connectivity index (χ0v) is 12.3. The molecule has 0 fully saturated rings. The molecule has 0 saturated heterocycles. The summed E-state index contributed by atoms with van der Waals surface area (Å²) in [5.74, 6) is 0. The number of hydrogen-bond donors (Lipinski definition) is 1. The van der Waals surface area contributed by atoms with Crippen LogP contribution in [0.2, 0.25) is 0 Å². The zero-order valence-electron chi connectivity index (χ0n) is 12.3. The van der Waals surface area contributed by atoms with Crippen molar-refractivity contribution >= 4 is 0 Å². The van der Waals surface area contributed by atoms with E-state index in [1.807, 2.05) is 31.2 Å². The third kappa shape index (κ3) is 11.2. The van der Waals surface area contributed by atoms with Gasteiger partial charge in [-0.2, -0.15) is 0 Å². The van der Waals surface area contributed by atoms with Crippen LogP contribution >= 0.6 is 0 Å². The molecule has 0 aromatic rings. The smallest absolute Gasteiger partial charge is 0.0319 e. The van der Waals surface area contributed by atoms with Crippen LogP contribution < -0.4 is 0 Å². The van der Waals surface area contributed by atoms with Crippen LogP contribution in [-0.2, 0) is 0 Å². The second kappa shape index (κ2) is 13.7. The van der Waals surface area contributed by atoms with Gasteiger partial charge in [0.25, 0.3) is 0 Å². The van der Waals surface area contributed by atoms with Crippen LogP contribution in [0.4, 0.5) is 0 Å². The Bertz CT molecular complexity index is 295. The molecule has 0 aliphatic heterocycles. The molecule has 0 spiro atoms. The van der Waals surface area contributed by atoms with Crippen LogP contribution in [0.15, 0.2) is 61.3 Å². The number of aliphatic hydroxyl groups excluding tert-OH is 1. The molecule has 1 heteroatoms. The van der Waals surface area contributed by atoms with Gasteiger partial charge in [0.1, 0.15) is 0 Å². The summed E-state index contributed by atoms with van der Waals surface area (Å²) in [6.45, 7) is 10.2. The van der Waals surface area contributed by atoms with Crippen molar-refractivity contribution in [2.45, 2.75) is 33.6 Å². The first-order valence-corrected chi connectivity index (χ1v) is 6.32. The lowest BCUT2D eigenvalue weighted by Gasteiger charge is -2.21. The Morgan fingerprint density at radius 3 is 1.94 bits per heavy atom. The molecule has 0 bridgehead atoms. The van der Waals surface area contributed by atoms with Crippen molar-refractivity contribution in [3.05, 3.63) is 61.3 Å². The number of aliphatic hydroxyl groups is 1. The molecule has 1 N–H and O–H groups in total. The highest BCUT2D eigenvalue weighted by Crippen LogP contribution is 2.28. The molecule has 0 aliphatic rings. The standard InChI is InChI=1S/C16H24.CH4O/c1-5-8-10-11-12-13-15-16(4,7-3)14-9-6-2;1-2/h5-13H,3,14-15H2,1-2,4H3;2H,1H3/b8-5-,9-6-,11-10-,13-12+;. The maximum atomic E-state index is 7.00. The summed E-state index contributed by atoms with van der Waals surface area (Å²) in [5, 5.41) is 7.00. The van der Waals surface area contributed by atoms with Gasteiger partial charge in [0.05, 0.1) is 0 Å². The molecule has 0 aromatic carbocycles. The van der Waals surface area contributed by atoms with Gasteiger partial charge in [0.15, 0.2) is 0 Å². The first kappa shape index (κ1) is 19.0. The Labute approximate surface area is 113 Å². The van der Waals surface area contributed by atoms with E-state index in [-0.39, 0.29) is 5.41 Å². The normalized spacial score (nSPS) is 15.2. The fraction of sp³-hybridized carbons (Fsp3) is 0.412. The highest BCUT2D eigenvalue weighted by molar-refractivity contribution is 5.12. The Hall–Kier alpha value is -1.34. The summed E-state index contributed by atoms with van der Waals surface area (Å²) in [6, 6.07) is 0. The zero-order chi connectivity index (χ0) is 14.3. The summed E-state index contributed by atoms with van der Waals surface area (Å²) in [5.41, 5.74) is 0.178. The van der Waals surface area contributed by atoms with Crippen LogP contribution in [0, 0.1) is 5.41 Å². The molecule has 102 valence electrons. The number of rotatable bonds is 7. The van der Waals surface area contributed by atoms with Gasteiger partial charge in [-0.25, -0.2) is 0 Å². The Morgan fingerprint density at radius 1 is 0.889 bits per heavy atom. The largest absolute Gasteiger partial charge is 0.400 e. The highest BCUT2D eigenvalue weighted by atomic mass is 16.2. The average molecular weight is 248 g/mol. The summed E-state index contributed by atoms with van der Waals surface area (Å²) >= 11 is 0. The van der Waals surface area contributed by atoms with Gasteiger partial charge in [-0.05, 0) is 32.1 Å². The number of hydrogen-bond acceptors (Lipinski definition) is 1.